The fourth-order valence-electron chi connectivity index (χ4n) is 4.73. The highest BCUT2D eigenvalue weighted by Crippen LogP contribution is 2.21. The van der Waals surface area contributed by atoms with Crippen molar-refractivity contribution in [3.05, 3.63) is 71.5 Å². The SMILES string of the molecule is CN1CCC(C(=O)N2CC(=O)N(CCc3ccccc3)CC(OCc3cccc(F)c3)C2)CC1. The number of amides is 2. The summed E-state index contributed by atoms with van der Waals surface area (Å²) >= 11 is 0. The number of hydrogen-bond donors (Lipinski definition) is 0. The molecule has 2 aliphatic heterocycles. The van der Waals surface area contributed by atoms with Gasteiger partial charge in [0, 0.05) is 25.6 Å². The maximum absolute atomic E-state index is 13.6. The topological polar surface area (TPSA) is 53.1 Å². The molecule has 4 rings (SSSR count). The molecule has 0 radical (unpaired) electrons. The van der Waals surface area contributed by atoms with E-state index in [0.29, 0.717) is 19.6 Å². The quantitative estimate of drug-likeness (QED) is 0.628. The minimum absolute atomic E-state index is 0.0470. The van der Waals surface area contributed by atoms with E-state index in [1.165, 1.54) is 12.1 Å². The first kappa shape index (κ1) is 24.4. The smallest absolute Gasteiger partial charge is 0.242 e. The predicted octanol–water partition coefficient (Wildman–Crippen LogP) is 2.97. The van der Waals surface area contributed by atoms with Gasteiger partial charge in [-0.15, -0.1) is 0 Å². The van der Waals surface area contributed by atoms with Crippen LogP contribution in [-0.4, -0.2) is 78.9 Å². The van der Waals surface area contributed by atoms with Gasteiger partial charge in [-0.3, -0.25) is 9.59 Å². The van der Waals surface area contributed by atoms with Crippen LogP contribution in [0.4, 0.5) is 4.39 Å². The maximum atomic E-state index is 13.6. The molecule has 2 saturated heterocycles. The highest BCUT2D eigenvalue weighted by Gasteiger charge is 2.34. The summed E-state index contributed by atoms with van der Waals surface area (Å²) in [6.45, 7) is 3.45. The molecule has 2 aliphatic rings. The van der Waals surface area contributed by atoms with E-state index in [9.17, 15) is 14.0 Å². The lowest BCUT2D eigenvalue weighted by Gasteiger charge is -2.32. The van der Waals surface area contributed by atoms with Crippen molar-refractivity contribution in [3.63, 3.8) is 0 Å². The zero-order chi connectivity index (χ0) is 23.9. The van der Waals surface area contributed by atoms with Gasteiger partial charge in [-0.2, -0.15) is 0 Å². The van der Waals surface area contributed by atoms with Crippen LogP contribution in [0, 0.1) is 11.7 Å². The number of carbonyl (C=O) groups is 2. The first-order chi connectivity index (χ1) is 16.5. The Morgan fingerprint density at radius 3 is 2.50 bits per heavy atom. The Kier molecular flexibility index (Phi) is 8.29. The standard InChI is InChI=1S/C27H34FN3O3/c1-29-13-11-23(12-14-29)27(33)31-18-25(34-20-22-8-5-9-24(28)16-22)17-30(26(32)19-31)15-10-21-6-3-2-4-7-21/h2-9,16,23,25H,10-15,17-20H2,1H3. The lowest BCUT2D eigenvalue weighted by Crippen LogP contribution is -2.45. The van der Waals surface area contributed by atoms with Gasteiger partial charge in [0.2, 0.25) is 11.8 Å². The fourth-order valence-corrected chi connectivity index (χ4v) is 4.73. The molecule has 0 bridgehead atoms. The van der Waals surface area contributed by atoms with E-state index in [0.717, 1.165) is 43.5 Å². The molecule has 6 nitrogen and oxygen atoms in total. The zero-order valence-corrected chi connectivity index (χ0v) is 19.9. The number of piperidine rings is 1. The van der Waals surface area contributed by atoms with Crippen LogP contribution in [-0.2, 0) is 27.4 Å². The van der Waals surface area contributed by atoms with E-state index in [-0.39, 0.29) is 42.8 Å². The van der Waals surface area contributed by atoms with Crippen molar-refractivity contribution in [2.75, 3.05) is 46.3 Å². The first-order valence-corrected chi connectivity index (χ1v) is 12.1. The summed E-state index contributed by atoms with van der Waals surface area (Å²) in [5.41, 5.74) is 1.90. The van der Waals surface area contributed by atoms with Gasteiger partial charge in [0.1, 0.15) is 5.82 Å². The number of carbonyl (C=O) groups excluding carboxylic acids is 2. The van der Waals surface area contributed by atoms with Crippen molar-refractivity contribution >= 4 is 11.8 Å². The second-order valence-electron chi connectivity index (χ2n) is 9.43. The van der Waals surface area contributed by atoms with Gasteiger partial charge in [-0.1, -0.05) is 42.5 Å². The van der Waals surface area contributed by atoms with Gasteiger partial charge in [-0.25, -0.2) is 4.39 Å². The van der Waals surface area contributed by atoms with Crippen LogP contribution < -0.4 is 0 Å². The third-order valence-electron chi connectivity index (χ3n) is 6.79. The van der Waals surface area contributed by atoms with E-state index < -0.39 is 0 Å². The summed E-state index contributed by atoms with van der Waals surface area (Å²) in [5.74, 6) is -0.357. The molecule has 2 aromatic carbocycles. The largest absolute Gasteiger partial charge is 0.370 e. The van der Waals surface area contributed by atoms with E-state index in [4.69, 9.17) is 4.74 Å². The van der Waals surface area contributed by atoms with Crippen LogP contribution in [0.1, 0.15) is 24.0 Å². The molecule has 0 spiro atoms. The van der Waals surface area contributed by atoms with Crippen LogP contribution in [0.15, 0.2) is 54.6 Å². The third-order valence-corrected chi connectivity index (χ3v) is 6.79. The lowest BCUT2D eigenvalue weighted by molar-refractivity contribution is -0.142. The van der Waals surface area contributed by atoms with Crippen molar-refractivity contribution in [2.45, 2.75) is 32.0 Å². The number of likely N-dealkylation sites (tertiary alicyclic amines) is 1. The molecule has 2 fully saturated rings. The van der Waals surface area contributed by atoms with Gasteiger partial charge in [0.15, 0.2) is 0 Å². The van der Waals surface area contributed by atoms with Gasteiger partial charge in [-0.05, 0) is 62.7 Å². The van der Waals surface area contributed by atoms with E-state index in [1.54, 1.807) is 11.0 Å². The Hall–Kier alpha value is -2.77. The van der Waals surface area contributed by atoms with Crippen molar-refractivity contribution in [2.24, 2.45) is 5.92 Å². The number of hydrogen-bond acceptors (Lipinski definition) is 4. The second kappa shape index (κ2) is 11.6. The summed E-state index contributed by atoms with van der Waals surface area (Å²) < 4.78 is 19.8. The summed E-state index contributed by atoms with van der Waals surface area (Å²) in [6, 6.07) is 16.4. The van der Waals surface area contributed by atoms with Crippen molar-refractivity contribution < 1.29 is 18.7 Å². The van der Waals surface area contributed by atoms with E-state index in [1.807, 2.05) is 29.2 Å². The molecule has 0 saturated carbocycles. The van der Waals surface area contributed by atoms with Crippen LogP contribution in [0.2, 0.25) is 0 Å². The Labute approximate surface area is 201 Å². The van der Waals surface area contributed by atoms with Gasteiger partial charge >= 0.3 is 0 Å². The average Bonchev–Trinajstić information content (AvgIpc) is 3.00. The first-order valence-electron chi connectivity index (χ1n) is 12.1. The molecule has 0 N–H and O–H groups in total. The Balaban J connectivity index is 1.45. The van der Waals surface area contributed by atoms with Crippen molar-refractivity contribution in [3.8, 4) is 0 Å². The minimum Gasteiger partial charge on any atom is -0.370 e. The number of halogens is 1. The molecule has 2 heterocycles. The summed E-state index contributed by atoms with van der Waals surface area (Å²) in [7, 11) is 2.07. The summed E-state index contributed by atoms with van der Waals surface area (Å²) in [6.07, 6.45) is 2.03. The molecule has 7 heteroatoms. The highest BCUT2D eigenvalue weighted by atomic mass is 19.1. The number of ether oxygens (including phenoxy) is 1. The van der Waals surface area contributed by atoms with Crippen LogP contribution in [0.3, 0.4) is 0 Å². The normalized spacial score (nSPS) is 20.4. The molecule has 2 amide bonds. The Bertz CT molecular complexity index is 963. The van der Waals surface area contributed by atoms with Gasteiger partial charge < -0.3 is 19.4 Å². The number of nitrogens with zero attached hydrogens (tertiary/aromatic N) is 3. The van der Waals surface area contributed by atoms with Crippen LogP contribution in [0.25, 0.3) is 0 Å². The van der Waals surface area contributed by atoms with E-state index in [2.05, 4.69) is 24.1 Å². The maximum Gasteiger partial charge on any atom is 0.242 e. The predicted molar refractivity (Wildman–Crippen MR) is 129 cm³/mol. The molecule has 0 aromatic heterocycles. The lowest BCUT2D eigenvalue weighted by atomic mass is 9.95. The molecule has 1 unspecified atom stereocenters. The number of benzene rings is 2. The minimum atomic E-state index is -0.333. The Morgan fingerprint density at radius 1 is 1.03 bits per heavy atom. The second-order valence-corrected chi connectivity index (χ2v) is 9.43. The van der Waals surface area contributed by atoms with Gasteiger partial charge in [0.25, 0.3) is 0 Å². The van der Waals surface area contributed by atoms with Gasteiger partial charge in [0.05, 0.1) is 19.3 Å². The highest BCUT2D eigenvalue weighted by molar-refractivity contribution is 5.86. The zero-order valence-electron chi connectivity index (χ0n) is 19.9. The number of rotatable bonds is 7. The summed E-state index contributed by atoms with van der Waals surface area (Å²) in [5, 5.41) is 0. The molecule has 182 valence electrons. The average molecular weight is 468 g/mol. The third kappa shape index (κ3) is 6.64. The molecular formula is C27H34FN3O3. The molecule has 0 aliphatic carbocycles. The summed E-state index contributed by atoms with van der Waals surface area (Å²) in [4.78, 5) is 32.2. The molecule has 1 atom stereocenters. The van der Waals surface area contributed by atoms with Crippen molar-refractivity contribution in [1.29, 1.82) is 0 Å². The fraction of sp³-hybridized carbons (Fsp3) is 0.481. The van der Waals surface area contributed by atoms with Crippen molar-refractivity contribution in [1.82, 2.24) is 14.7 Å². The van der Waals surface area contributed by atoms with E-state index >= 15 is 0 Å². The molecular weight excluding hydrogens is 433 g/mol. The Morgan fingerprint density at radius 2 is 1.76 bits per heavy atom. The van der Waals surface area contributed by atoms with Crippen LogP contribution >= 0.6 is 0 Å². The molecule has 34 heavy (non-hydrogen) atoms. The molecule has 2 aromatic rings. The monoisotopic (exact) mass is 467 g/mol. The van der Waals surface area contributed by atoms with Crippen LogP contribution in [0.5, 0.6) is 0 Å².